The van der Waals surface area contributed by atoms with Crippen molar-refractivity contribution in [1.29, 1.82) is 0 Å². The van der Waals surface area contributed by atoms with Crippen molar-refractivity contribution in [1.82, 2.24) is 19.9 Å². The number of aromatic amines is 1. The Balaban J connectivity index is 1.67. The number of nitrogens with zero attached hydrogens (tertiary/aromatic N) is 3. The van der Waals surface area contributed by atoms with Crippen LogP contribution in [-0.2, 0) is 13.0 Å². The van der Waals surface area contributed by atoms with E-state index in [4.69, 9.17) is 0 Å². The minimum absolute atomic E-state index is 0.448. The van der Waals surface area contributed by atoms with E-state index < -0.39 is 7.12 Å². The van der Waals surface area contributed by atoms with Crippen molar-refractivity contribution in [2.24, 2.45) is 0 Å². The number of benzene rings is 2. The standard InChI is InChI=1S/C21H22BN5O2/c1-3-18-25-20(19-13(2)24-17-10-5-4-9-16(17)19)27-21(26-18)23-12-14-7-6-8-15(11-14)22(28)29/h4-11,24,28-29H,3,12H2,1-2H3,(H,23,25,26,27). The predicted octanol–water partition coefficient (Wildman–Crippen LogP) is 2.18. The number of rotatable bonds is 6. The number of para-hydroxylation sites is 1. The predicted molar refractivity (Wildman–Crippen MR) is 115 cm³/mol. The van der Waals surface area contributed by atoms with Gasteiger partial charge in [0.15, 0.2) is 5.82 Å². The van der Waals surface area contributed by atoms with Gasteiger partial charge in [-0.3, -0.25) is 0 Å². The first-order chi connectivity index (χ1) is 14.0. The smallest absolute Gasteiger partial charge is 0.423 e. The van der Waals surface area contributed by atoms with Crippen molar-refractivity contribution < 1.29 is 10.0 Å². The molecule has 0 aliphatic heterocycles. The third-order valence-electron chi connectivity index (χ3n) is 4.81. The van der Waals surface area contributed by atoms with Crippen LogP contribution in [0.15, 0.2) is 48.5 Å². The number of anilines is 1. The molecule has 146 valence electrons. The van der Waals surface area contributed by atoms with Gasteiger partial charge in [-0.15, -0.1) is 0 Å². The number of H-pyrrole nitrogens is 1. The Hall–Kier alpha value is -3.23. The van der Waals surface area contributed by atoms with Crippen LogP contribution in [0.2, 0.25) is 0 Å². The van der Waals surface area contributed by atoms with Gasteiger partial charge in [-0.05, 0) is 24.0 Å². The molecule has 0 saturated carbocycles. The molecule has 0 bridgehead atoms. The maximum absolute atomic E-state index is 9.36. The van der Waals surface area contributed by atoms with Crippen molar-refractivity contribution >= 4 is 29.4 Å². The molecule has 0 fully saturated rings. The summed E-state index contributed by atoms with van der Waals surface area (Å²) < 4.78 is 0. The molecule has 4 aromatic rings. The van der Waals surface area contributed by atoms with Gasteiger partial charge in [0.25, 0.3) is 0 Å². The number of hydrogen-bond donors (Lipinski definition) is 4. The molecule has 4 N–H and O–H groups in total. The molecule has 8 heteroatoms. The molecule has 2 heterocycles. The first-order valence-corrected chi connectivity index (χ1v) is 9.56. The molecule has 0 atom stereocenters. The maximum atomic E-state index is 9.36. The van der Waals surface area contributed by atoms with E-state index in [-0.39, 0.29) is 0 Å². The van der Waals surface area contributed by atoms with Crippen LogP contribution < -0.4 is 10.8 Å². The highest BCUT2D eigenvalue weighted by Gasteiger charge is 2.16. The highest BCUT2D eigenvalue weighted by atomic mass is 16.4. The van der Waals surface area contributed by atoms with Crippen LogP contribution in [0.25, 0.3) is 22.3 Å². The second-order valence-electron chi connectivity index (χ2n) is 6.90. The molecular weight excluding hydrogens is 365 g/mol. The summed E-state index contributed by atoms with van der Waals surface area (Å²) in [5.74, 6) is 1.84. The van der Waals surface area contributed by atoms with Crippen LogP contribution in [-0.4, -0.2) is 37.1 Å². The van der Waals surface area contributed by atoms with Gasteiger partial charge in [0.2, 0.25) is 5.95 Å². The largest absolute Gasteiger partial charge is 0.488 e. The SMILES string of the molecule is CCc1nc(NCc2cccc(B(O)O)c2)nc(-c2c(C)[nH]c3ccccc23)n1. The Morgan fingerprint density at radius 3 is 2.66 bits per heavy atom. The van der Waals surface area contributed by atoms with Crippen LogP contribution >= 0.6 is 0 Å². The van der Waals surface area contributed by atoms with Crippen molar-refractivity contribution in [2.45, 2.75) is 26.8 Å². The van der Waals surface area contributed by atoms with Gasteiger partial charge in [0.05, 0.1) is 0 Å². The first kappa shape index (κ1) is 19.1. The zero-order valence-electron chi connectivity index (χ0n) is 16.3. The van der Waals surface area contributed by atoms with Gasteiger partial charge in [-0.2, -0.15) is 9.97 Å². The lowest BCUT2D eigenvalue weighted by atomic mass is 9.80. The number of aryl methyl sites for hydroxylation is 2. The van der Waals surface area contributed by atoms with Gasteiger partial charge in [0.1, 0.15) is 5.82 Å². The summed E-state index contributed by atoms with van der Waals surface area (Å²) in [6, 6.07) is 15.2. The van der Waals surface area contributed by atoms with Gasteiger partial charge in [0, 0.05) is 35.1 Å². The van der Waals surface area contributed by atoms with Crippen LogP contribution in [0.3, 0.4) is 0 Å². The van der Waals surface area contributed by atoms with Gasteiger partial charge >= 0.3 is 7.12 Å². The normalized spacial score (nSPS) is 11.0. The molecule has 4 rings (SSSR count). The molecule has 7 nitrogen and oxygen atoms in total. The van der Waals surface area contributed by atoms with E-state index >= 15 is 0 Å². The van der Waals surface area contributed by atoms with E-state index in [1.165, 1.54) is 0 Å². The summed E-state index contributed by atoms with van der Waals surface area (Å²) in [5.41, 5.74) is 4.39. The Morgan fingerprint density at radius 1 is 1.03 bits per heavy atom. The second kappa shape index (κ2) is 8.02. The molecule has 0 radical (unpaired) electrons. The third-order valence-corrected chi connectivity index (χ3v) is 4.81. The quantitative estimate of drug-likeness (QED) is 0.378. The summed E-state index contributed by atoms with van der Waals surface area (Å²) in [6.45, 7) is 4.49. The zero-order valence-corrected chi connectivity index (χ0v) is 16.3. The lowest BCUT2D eigenvalue weighted by Gasteiger charge is -2.10. The molecule has 0 aliphatic rings. The summed E-state index contributed by atoms with van der Waals surface area (Å²) in [7, 11) is -1.49. The van der Waals surface area contributed by atoms with E-state index in [0.29, 0.717) is 36.0 Å². The summed E-state index contributed by atoms with van der Waals surface area (Å²) in [4.78, 5) is 17.2. The topological polar surface area (TPSA) is 107 Å². The second-order valence-corrected chi connectivity index (χ2v) is 6.90. The number of nitrogens with one attached hydrogen (secondary N) is 2. The minimum atomic E-state index is -1.49. The fraction of sp³-hybridized carbons (Fsp3) is 0.190. The Bertz CT molecular complexity index is 1160. The summed E-state index contributed by atoms with van der Waals surface area (Å²) in [6.07, 6.45) is 0.692. The highest BCUT2D eigenvalue weighted by Crippen LogP contribution is 2.30. The zero-order chi connectivity index (χ0) is 20.4. The number of fused-ring (bicyclic) bond motifs is 1. The van der Waals surface area contributed by atoms with E-state index in [1.54, 1.807) is 18.2 Å². The molecule has 29 heavy (non-hydrogen) atoms. The van der Waals surface area contributed by atoms with E-state index in [9.17, 15) is 10.0 Å². The molecule has 2 aromatic heterocycles. The van der Waals surface area contributed by atoms with E-state index in [0.717, 1.165) is 27.7 Å². The molecule has 0 spiro atoms. The van der Waals surface area contributed by atoms with Crippen LogP contribution in [0, 0.1) is 6.92 Å². The van der Waals surface area contributed by atoms with Gasteiger partial charge < -0.3 is 20.3 Å². The summed E-state index contributed by atoms with van der Waals surface area (Å²) in [5, 5.41) is 23.0. The van der Waals surface area contributed by atoms with Crippen molar-refractivity contribution in [2.75, 3.05) is 5.32 Å². The van der Waals surface area contributed by atoms with E-state index in [1.807, 2.05) is 38.1 Å². The summed E-state index contributed by atoms with van der Waals surface area (Å²) >= 11 is 0. The molecule has 0 unspecified atom stereocenters. The Labute approximate surface area is 169 Å². The first-order valence-electron chi connectivity index (χ1n) is 9.56. The van der Waals surface area contributed by atoms with Gasteiger partial charge in [-0.1, -0.05) is 49.4 Å². The van der Waals surface area contributed by atoms with Gasteiger partial charge in [-0.25, -0.2) is 4.98 Å². The molecule has 0 aliphatic carbocycles. The van der Waals surface area contributed by atoms with E-state index in [2.05, 4.69) is 31.3 Å². The molecular formula is C21H22BN5O2. The third kappa shape index (κ3) is 3.99. The average Bonchev–Trinajstić information content (AvgIpc) is 3.07. The minimum Gasteiger partial charge on any atom is -0.423 e. The van der Waals surface area contributed by atoms with Crippen LogP contribution in [0.1, 0.15) is 24.0 Å². The fourth-order valence-electron chi connectivity index (χ4n) is 3.38. The lowest BCUT2D eigenvalue weighted by molar-refractivity contribution is 0.425. The number of hydrogen-bond acceptors (Lipinski definition) is 6. The molecule has 2 aromatic carbocycles. The molecule has 0 amide bonds. The van der Waals surface area contributed by atoms with Crippen LogP contribution in [0.4, 0.5) is 5.95 Å². The average molecular weight is 387 g/mol. The van der Waals surface area contributed by atoms with Crippen LogP contribution in [0.5, 0.6) is 0 Å². The maximum Gasteiger partial charge on any atom is 0.488 e. The van der Waals surface area contributed by atoms with Crippen molar-refractivity contribution in [3.05, 3.63) is 65.6 Å². The van der Waals surface area contributed by atoms with Crippen molar-refractivity contribution in [3.63, 3.8) is 0 Å². The highest BCUT2D eigenvalue weighted by molar-refractivity contribution is 6.58. The Kier molecular flexibility index (Phi) is 5.29. The molecule has 0 saturated heterocycles. The number of aromatic nitrogens is 4. The van der Waals surface area contributed by atoms with Crippen molar-refractivity contribution in [3.8, 4) is 11.4 Å². The fourth-order valence-corrected chi connectivity index (χ4v) is 3.38. The Morgan fingerprint density at radius 2 is 1.86 bits per heavy atom. The lowest BCUT2D eigenvalue weighted by Crippen LogP contribution is -2.30. The monoisotopic (exact) mass is 387 g/mol.